The number of hydroxylamine groups is 2. The summed E-state index contributed by atoms with van der Waals surface area (Å²) in [7, 11) is 0. The topological polar surface area (TPSA) is 40.5 Å². The van der Waals surface area contributed by atoms with Crippen LogP contribution in [0.2, 0.25) is 0 Å². The lowest BCUT2D eigenvalue weighted by Gasteiger charge is -2.13. The van der Waals surface area contributed by atoms with E-state index < -0.39 is 0 Å². The fourth-order valence-corrected chi connectivity index (χ4v) is 1.14. The standard InChI is InChI=1S/C11H15NO2/c1-2-3-9-12(14)11(13)10-7-5-4-6-8-10/h4-8,14H,2-3,9H2,1H3. The number of carbonyl (C=O) groups is 1. The lowest BCUT2D eigenvalue weighted by atomic mass is 10.2. The maximum atomic E-state index is 11.5. The first-order valence-electron chi connectivity index (χ1n) is 4.81. The Labute approximate surface area is 83.9 Å². The maximum absolute atomic E-state index is 11.5. The summed E-state index contributed by atoms with van der Waals surface area (Å²) < 4.78 is 0. The van der Waals surface area contributed by atoms with Crippen molar-refractivity contribution in [2.75, 3.05) is 6.54 Å². The quantitative estimate of drug-likeness (QED) is 0.589. The van der Waals surface area contributed by atoms with E-state index in [1.165, 1.54) is 0 Å². The van der Waals surface area contributed by atoms with Crippen molar-refractivity contribution in [2.24, 2.45) is 0 Å². The minimum absolute atomic E-state index is 0.334. The third kappa shape index (κ3) is 2.85. The van der Waals surface area contributed by atoms with Crippen LogP contribution < -0.4 is 0 Å². The first-order valence-corrected chi connectivity index (χ1v) is 4.81. The highest BCUT2D eigenvalue weighted by Crippen LogP contribution is 2.03. The highest BCUT2D eigenvalue weighted by Gasteiger charge is 2.11. The molecule has 0 bridgehead atoms. The van der Waals surface area contributed by atoms with Crippen molar-refractivity contribution in [3.8, 4) is 0 Å². The first-order chi connectivity index (χ1) is 6.75. The Morgan fingerprint density at radius 2 is 2.00 bits per heavy atom. The van der Waals surface area contributed by atoms with Gasteiger partial charge in [-0.25, -0.2) is 5.06 Å². The van der Waals surface area contributed by atoms with Gasteiger partial charge in [-0.05, 0) is 18.6 Å². The van der Waals surface area contributed by atoms with Gasteiger partial charge in [0.05, 0.1) is 0 Å². The third-order valence-corrected chi connectivity index (χ3v) is 1.98. The average molecular weight is 193 g/mol. The zero-order valence-electron chi connectivity index (χ0n) is 8.31. The predicted molar refractivity (Wildman–Crippen MR) is 54.2 cm³/mol. The third-order valence-electron chi connectivity index (χ3n) is 1.98. The van der Waals surface area contributed by atoms with Gasteiger partial charge in [0.1, 0.15) is 0 Å². The van der Waals surface area contributed by atoms with Crippen molar-refractivity contribution in [3.63, 3.8) is 0 Å². The van der Waals surface area contributed by atoms with Gasteiger partial charge < -0.3 is 0 Å². The van der Waals surface area contributed by atoms with Crippen LogP contribution >= 0.6 is 0 Å². The second-order valence-corrected chi connectivity index (χ2v) is 3.15. The summed E-state index contributed by atoms with van der Waals surface area (Å²) in [6, 6.07) is 8.78. The molecule has 0 saturated carbocycles. The van der Waals surface area contributed by atoms with Crippen molar-refractivity contribution in [1.82, 2.24) is 5.06 Å². The van der Waals surface area contributed by atoms with Gasteiger partial charge >= 0.3 is 0 Å². The SMILES string of the molecule is CCCCN(O)C(=O)c1ccccc1. The molecule has 0 radical (unpaired) electrons. The summed E-state index contributed by atoms with van der Waals surface area (Å²) in [5, 5.41) is 10.2. The largest absolute Gasteiger partial charge is 0.286 e. The minimum atomic E-state index is -0.334. The molecule has 1 aromatic rings. The van der Waals surface area contributed by atoms with E-state index in [4.69, 9.17) is 0 Å². The minimum Gasteiger partial charge on any atom is -0.286 e. The zero-order chi connectivity index (χ0) is 10.4. The molecule has 1 rings (SSSR count). The summed E-state index contributed by atoms with van der Waals surface area (Å²) in [6.07, 6.45) is 1.77. The van der Waals surface area contributed by atoms with Crippen LogP contribution in [0.1, 0.15) is 30.1 Å². The van der Waals surface area contributed by atoms with Gasteiger partial charge in [-0.1, -0.05) is 31.5 Å². The fraction of sp³-hybridized carbons (Fsp3) is 0.364. The molecule has 14 heavy (non-hydrogen) atoms. The lowest BCUT2D eigenvalue weighted by Crippen LogP contribution is -2.28. The van der Waals surface area contributed by atoms with E-state index in [1.54, 1.807) is 24.3 Å². The second kappa shape index (κ2) is 5.40. The van der Waals surface area contributed by atoms with Crippen molar-refractivity contribution >= 4 is 5.91 Å². The monoisotopic (exact) mass is 193 g/mol. The Bertz CT molecular complexity index is 285. The van der Waals surface area contributed by atoms with Crippen LogP contribution in [0.4, 0.5) is 0 Å². The lowest BCUT2D eigenvalue weighted by molar-refractivity contribution is -0.0586. The average Bonchev–Trinajstić information content (AvgIpc) is 2.26. The number of hydrogen-bond acceptors (Lipinski definition) is 2. The normalized spacial score (nSPS) is 9.86. The molecule has 3 heteroatoms. The summed E-state index contributed by atoms with van der Waals surface area (Å²) in [4.78, 5) is 11.5. The predicted octanol–water partition coefficient (Wildman–Crippen LogP) is 2.32. The van der Waals surface area contributed by atoms with Gasteiger partial charge in [-0.2, -0.15) is 0 Å². The van der Waals surface area contributed by atoms with E-state index in [2.05, 4.69) is 0 Å². The van der Waals surface area contributed by atoms with Crippen LogP contribution in [-0.4, -0.2) is 22.7 Å². The van der Waals surface area contributed by atoms with Crippen LogP contribution in [0.3, 0.4) is 0 Å². The Morgan fingerprint density at radius 3 is 2.57 bits per heavy atom. The number of rotatable bonds is 4. The molecule has 0 fully saturated rings. The van der Waals surface area contributed by atoms with E-state index in [0.717, 1.165) is 17.9 Å². The van der Waals surface area contributed by atoms with Crippen molar-refractivity contribution in [2.45, 2.75) is 19.8 Å². The molecule has 0 aliphatic carbocycles. The van der Waals surface area contributed by atoms with Gasteiger partial charge in [-0.3, -0.25) is 10.0 Å². The maximum Gasteiger partial charge on any atom is 0.277 e. The fourth-order valence-electron chi connectivity index (χ4n) is 1.14. The molecule has 0 unspecified atom stereocenters. The van der Waals surface area contributed by atoms with Gasteiger partial charge in [0.15, 0.2) is 0 Å². The number of carbonyl (C=O) groups excluding carboxylic acids is 1. The van der Waals surface area contributed by atoms with Gasteiger partial charge in [0.25, 0.3) is 5.91 Å². The van der Waals surface area contributed by atoms with Crippen LogP contribution in [-0.2, 0) is 0 Å². The van der Waals surface area contributed by atoms with Crippen LogP contribution in [0.25, 0.3) is 0 Å². The zero-order valence-corrected chi connectivity index (χ0v) is 8.31. The number of nitrogens with zero attached hydrogens (tertiary/aromatic N) is 1. The summed E-state index contributed by atoms with van der Waals surface area (Å²) in [5.41, 5.74) is 0.520. The highest BCUT2D eigenvalue weighted by atomic mass is 16.5. The van der Waals surface area contributed by atoms with E-state index >= 15 is 0 Å². The van der Waals surface area contributed by atoms with Gasteiger partial charge in [0.2, 0.25) is 0 Å². The molecule has 0 aliphatic heterocycles. The molecular weight excluding hydrogens is 178 g/mol. The smallest absolute Gasteiger partial charge is 0.277 e. The molecule has 0 aromatic heterocycles. The van der Waals surface area contributed by atoms with Gasteiger partial charge in [-0.15, -0.1) is 0 Å². The molecule has 0 heterocycles. The first kappa shape index (κ1) is 10.7. The summed E-state index contributed by atoms with van der Waals surface area (Å²) in [5.74, 6) is -0.334. The summed E-state index contributed by atoms with van der Waals surface area (Å²) >= 11 is 0. The molecule has 1 amide bonds. The highest BCUT2D eigenvalue weighted by molar-refractivity contribution is 5.93. The van der Waals surface area contributed by atoms with E-state index in [9.17, 15) is 10.0 Å². The second-order valence-electron chi connectivity index (χ2n) is 3.15. The number of unbranched alkanes of at least 4 members (excludes halogenated alkanes) is 1. The van der Waals surface area contributed by atoms with E-state index in [1.807, 2.05) is 13.0 Å². The molecule has 0 spiro atoms. The van der Waals surface area contributed by atoms with Crippen LogP contribution in [0.5, 0.6) is 0 Å². The molecule has 76 valence electrons. The van der Waals surface area contributed by atoms with Crippen LogP contribution in [0, 0.1) is 0 Å². The number of benzene rings is 1. The van der Waals surface area contributed by atoms with E-state index in [-0.39, 0.29) is 5.91 Å². The van der Waals surface area contributed by atoms with Crippen molar-refractivity contribution in [3.05, 3.63) is 35.9 Å². The molecular formula is C11H15NO2. The van der Waals surface area contributed by atoms with Crippen molar-refractivity contribution in [1.29, 1.82) is 0 Å². The van der Waals surface area contributed by atoms with Crippen molar-refractivity contribution < 1.29 is 10.0 Å². The molecule has 0 saturated heterocycles. The Hall–Kier alpha value is -1.35. The Kier molecular flexibility index (Phi) is 4.13. The Morgan fingerprint density at radius 1 is 1.36 bits per heavy atom. The molecule has 0 atom stereocenters. The molecule has 1 aromatic carbocycles. The van der Waals surface area contributed by atoms with Crippen LogP contribution in [0.15, 0.2) is 30.3 Å². The van der Waals surface area contributed by atoms with E-state index in [0.29, 0.717) is 12.1 Å². The number of amides is 1. The van der Waals surface area contributed by atoms with Gasteiger partial charge in [0, 0.05) is 12.1 Å². The molecule has 1 N–H and O–H groups in total. The summed E-state index contributed by atoms with van der Waals surface area (Å²) in [6.45, 7) is 2.41. The Balaban J connectivity index is 2.57. The molecule has 0 aliphatic rings. The number of hydrogen-bond donors (Lipinski definition) is 1. The molecule has 3 nitrogen and oxygen atoms in total.